The zero-order chi connectivity index (χ0) is 19.2. The van der Waals surface area contributed by atoms with Crippen LogP contribution in [0.1, 0.15) is 37.6 Å². The van der Waals surface area contributed by atoms with Gasteiger partial charge in [-0.1, -0.05) is 13.8 Å². The highest BCUT2D eigenvalue weighted by atomic mass is 32.2. The maximum absolute atomic E-state index is 12.6. The topological polar surface area (TPSA) is 84.9 Å². The Morgan fingerprint density at radius 3 is 2.20 bits per heavy atom. The average Bonchev–Trinajstić information content (AvgIpc) is 2.53. The lowest BCUT2D eigenvalue weighted by molar-refractivity contribution is 0.0952. The summed E-state index contributed by atoms with van der Waals surface area (Å²) in [5.74, 6) is 0.829. The Morgan fingerprint density at radius 1 is 1.20 bits per heavy atom. The minimum atomic E-state index is -3.55. The van der Waals surface area contributed by atoms with Gasteiger partial charge in [0.05, 0.1) is 31.7 Å². The molecule has 7 nitrogen and oxygen atoms in total. The quantitative estimate of drug-likeness (QED) is 0.719. The molecule has 0 saturated heterocycles. The number of hydrogen-bond donors (Lipinski definition) is 1. The molecule has 0 radical (unpaired) electrons. The molecule has 8 heteroatoms. The number of carbonyl (C=O) groups is 1. The van der Waals surface area contributed by atoms with Gasteiger partial charge in [0.15, 0.2) is 11.5 Å². The van der Waals surface area contributed by atoms with Gasteiger partial charge in [-0.2, -0.15) is 0 Å². The molecule has 0 heterocycles. The lowest BCUT2D eigenvalue weighted by atomic mass is 10.1. The van der Waals surface area contributed by atoms with Gasteiger partial charge in [-0.3, -0.25) is 9.10 Å². The molecule has 0 aliphatic rings. The van der Waals surface area contributed by atoms with Crippen LogP contribution in [0.3, 0.4) is 0 Å². The molecule has 1 aromatic rings. The predicted molar refractivity (Wildman–Crippen MR) is 99.2 cm³/mol. The number of rotatable bonds is 9. The number of anilines is 1. The summed E-state index contributed by atoms with van der Waals surface area (Å²) in [6.07, 6.45) is 1.94. The summed E-state index contributed by atoms with van der Waals surface area (Å²) in [7, 11) is -0.622. The highest BCUT2D eigenvalue weighted by Gasteiger charge is 2.25. The van der Waals surface area contributed by atoms with Crippen molar-refractivity contribution in [2.45, 2.75) is 27.2 Å². The van der Waals surface area contributed by atoms with Gasteiger partial charge in [0.2, 0.25) is 10.0 Å². The number of hydrogen-bond acceptors (Lipinski definition) is 5. The van der Waals surface area contributed by atoms with E-state index in [1.54, 1.807) is 6.92 Å². The summed E-state index contributed by atoms with van der Waals surface area (Å²) >= 11 is 0. The van der Waals surface area contributed by atoms with Gasteiger partial charge in [-0.25, -0.2) is 8.42 Å². The molecule has 1 N–H and O–H groups in total. The van der Waals surface area contributed by atoms with Crippen molar-refractivity contribution in [2.24, 2.45) is 5.92 Å². The summed E-state index contributed by atoms with van der Waals surface area (Å²) in [6.45, 7) is 6.54. The zero-order valence-corrected chi connectivity index (χ0v) is 16.6. The average molecular weight is 372 g/mol. The Morgan fingerprint density at radius 2 is 1.76 bits per heavy atom. The van der Waals surface area contributed by atoms with Gasteiger partial charge >= 0.3 is 0 Å². The van der Waals surface area contributed by atoms with Crippen molar-refractivity contribution in [3.63, 3.8) is 0 Å². The van der Waals surface area contributed by atoms with Gasteiger partial charge in [-0.05, 0) is 25.3 Å². The van der Waals surface area contributed by atoms with Crippen molar-refractivity contribution in [1.29, 1.82) is 0 Å². The number of nitrogens with one attached hydrogen (secondary N) is 1. The Kier molecular flexibility index (Phi) is 7.54. The lowest BCUT2D eigenvalue weighted by Crippen LogP contribution is -2.33. The first kappa shape index (κ1) is 21.1. The molecule has 0 fully saturated rings. The molecule has 0 aromatic heterocycles. The van der Waals surface area contributed by atoms with Crippen LogP contribution in [0.5, 0.6) is 11.5 Å². The maximum atomic E-state index is 12.6. The first-order valence-electron chi connectivity index (χ1n) is 8.17. The number of benzene rings is 1. The first-order chi connectivity index (χ1) is 11.6. The molecule has 0 aliphatic carbocycles. The Bertz CT molecular complexity index is 701. The minimum Gasteiger partial charge on any atom is -0.493 e. The summed E-state index contributed by atoms with van der Waals surface area (Å²) in [6, 6.07) is 3.02. The van der Waals surface area contributed by atoms with Crippen LogP contribution in [0, 0.1) is 5.92 Å². The Hall–Kier alpha value is -1.96. The minimum absolute atomic E-state index is 0.195. The lowest BCUT2D eigenvalue weighted by Gasteiger charge is -2.24. The molecular weight excluding hydrogens is 344 g/mol. The zero-order valence-electron chi connectivity index (χ0n) is 15.8. The van der Waals surface area contributed by atoms with Crippen LogP contribution >= 0.6 is 0 Å². The van der Waals surface area contributed by atoms with Gasteiger partial charge in [0.1, 0.15) is 0 Å². The monoisotopic (exact) mass is 372 g/mol. The molecular formula is C17H28N2O5S. The molecule has 1 amide bonds. The van der Waals surface area contributed by atoms with E-state index in [1.165, 1.54) is 30.7 Å². The van der Waals surface area contributed by atoms with E-state index >= 15 is 0 Å². The third kappa shape index (κ3) is 5.52. The fraction of sp³-hybridized carbons (Fsp3) is 0.588. The molecule has 0 aliphatic heterocycles. The van der Waals surface area contributed by atoms with E-state index in [4.69, 9.17) is 9.47 Å². The van der Waals surface area contributed by atoms with Crippen LogP contribution < -0.4 is 19.1 Å². The van der Waals surface area contributed by atoms with Crippen LogP contribution in [0.25, 0.3) is 0 Å². The van der Waals surface area contributed by atoms with E-state index < -0.39 is 10.0 Å². The first-order valence-corrected chi connectivity index (χ1v) is 10.0. The van der Waals surface area contributed by atoms with Crippen molar-refractivity contribution in [2.75, 3.05) is 37.9 Å². The van der Waals surface area contributed by atoms with Crippen LogP contribution in [-0.2, 0) is 10.0 Å². The fourth-order valence-corrected chi connectivity index (χ4v) is 3.39. The van der Waals surface area contributed by atoms with E-state index in [0.717, 1.165) is 12.7 Å². The summed E-state index contributed by atoms with van der Waals surface area (Å²) in [4.78, 5) is 12.6. The van der Waals surface area contributed by atoms with Crippen LogP contribution in [0.15, 0.2) is 12.1 Å². The van der Waals surface area contributed by atoms with Crippen LogP contribution in [-0.4, -0.2) is 47.9 Å². The molecule has 142 valence electrons. The number of nitrogens with zero attached hydrogens (tertiary/aromatic N) is 1. The van der Waals surface area contributed by atoms with Gasteiger partial charge < -0.3 is 14.8 Å². The SMILES string of the molecule is CCN(c1cc(OC)c(OC)cc1C(=O)NCCC(C)C)S(C)(=O)=O. The van der Waals surface area contributed by atoms with Crippen molar-refractivity contribution in [1.82, 2.24) is 5.32 Å². The normalized spacial score (nSPS) is 11.3. The second kappa shape index (κ2) is 8.94. The number of sulfonamides is 1. The predicted octanol–water partition coefficient (Wildman–Crippen LogP) is 2.27. The van der Waals surface area contributed by atoms with Crippen LogP contribution in [0.2, 0.25) is 0 Å². The van der Waals surface area contributed by atoms with Gasteiger partial charge in [0, 0.05) is 19.2 Å². The summed E-state index contributed by atoms with van der Waals surface area (Å²) in [5.41, 5.74) is 0.498. The number of methoxy groups -OCH3 is 2. The summed E-state index contributed by atoms with van der Waals surface area (Å²) < 4.78 is 35.9. The van der Waals surface area contributed by atoms with E-state index in [0.29, 0.717) is 24.0 Å². The van der Waals surface area contributed by atoms with Crippen molar-refractivity contribution < 1.29 is 22.7 Å². The molecule has 25 heavy (non-hydrogen) atoms. The van der Waals surface area contributed by atoms with Gasteiger partial charge in [0.25, 0.3) is 5.91 Å². The van der Waals surface area contributed by atoms with E-state index in [2.05, 4.69) is 19.2 Å². The number of ether oxygens (including phenoxy) is 2. The Labute approximate surface area is 150 Å². The molecule has 0 saturated carbocycles. The van der Waals surface area contributed by atoms with E-state index in [9.17, 15) is 13.2 Å². The van der Waals surface area contributed by atoms with Crippen molar-refractivity contribution in [3.8, 4) is 11.5 Å². The van der Waals surface area contributed by atoms with E-state index in [1.807, 2.05) is 0 Å². The fourth-order valence-electron chi connectivity index (χ4n) is 2.41. The smallest absolute Gasteiger partial charge is 0.253 e. The third-order valence-corrected chi connectivity index (χ3v) is 4.97. The number of amides is 1. The highest BCUT2D eigenvalue weighted by molar-refractivity contribution is 7.92. The van der Waals surface area contributed by atoms with Crippen molar-refractivity contribution >= 4 is 21.6 Å². The molecule has 0 bridgehead atoms. The second-order valence-electron chi connectivity index (χ2n) is 6.09. The maximum Gasteiger partial charge on any atom is 0.253 e. The number of carbonyl (C=O) groups excluding carboxylic acids is 1. The molecule has 0 spiro atoms. The molecule has 1 rings (SSSR count). The standard InChI is InChI=1S/C17H28N2O5S/c1-7-19(25(6,21)22)14-11-16(24-5)15(23-4)10-13(14)17(20)18-9-8-12(2)3/h10-12H,7-9H2,1-6H3,(H,18,20). The van der Waals surface area contributed by atoms with E-state index in [-0.39, 0.29) is 23.7 Å². The largest absolute Gasteiger partial charge is 0.493 e. The molecule has 1 aromatic carbocycles. The second-order valence-corrected chi connectivity index (χ2v) is 8.00. The van der Waals surface area contributed by atoms with Gasteiger partial charge in [-0.15, -0.1) is 0 Å². The third-order valence-electron chi connectivity index (χ3n) is 3.71. The molecule has 0 atom stereocenters. The molecule has 0 unspecified atom stereocenters. The summed E-state index contributed by atoms with van der Waals surface area (Å²) in [5, 5.41) is 2.83. The highest BCUT2D eigenvalue weighted by Crippen LogP contribution is 2.36. The Balaban J connectivity index is 3.39. The van der Waals surface area contributed by atoms with Crippen LogP contribution in [0.4, 0.5) is 5.69 Å². The van der Waals surface area contributed by atoms with Crippen molar-refractivity contribution in [3.05, 3.63) is 17.7 Å².